The van der Waals surface area contributed by atoms with E-state index in [4.69, 9.17) is 21.4 Å². The Kier molecular flexibility index (Phi) is 7.66. The van der Waals surface area contributed by atoms with E-state index in [0.29, 0.717) is 31.0 Å². The van der Waals surface area contributed by atoms with Gasteiger partial charge in [0, 0.05) is 18.2 Å². The van der Waals surface area contributed by atoms with E-state index in [1.54, 1.807) is 0 Å². The van der Waals surface area contributed by atoms with Crippen LogP contribution in [-0.4, -0.2) is 39.3 Å². The Balaban J connectivity index is 2.20. The zero-order chi connectivity index (χ0) is 15.7. The van der Waals surface area contributed by atoms with Gasteiger partial charge in [0.1, 0.15) is 6.61 Å². The molecule has 0 saturated heterocycles. The predicted octanol–water partition coefficient (Wildman–Crippen LogP) is 1.89. The second-order valence-electron chi connectivity index (χ2n) is 4.36. The van der Waals surface area contributed by atoms with Gasteiger partial charge in [0.05, 0.1) is 4.90 Å². The summed E-state index contributed by atoms with van der Waals surface area (Å²) in [5, 5.41) is 8.84. The minimum atomic E-state index is -3.50. The molecule has 0 saturated carbocycles. The number of aliphatic carboxylic acids is 1. The summed E-state index contributed by atoms with van der Waals surface area (Å²) in [7, 11) is -3.50. The summed E-state index contributed by atoms with van der Waals surface area (Å²) in [5.41, 5.74) is 0. The van der Waals surface area contributed by atoms with E-state index < -0.39 is 16.0 Å². The van der Waals surface area contributed by atoms with Gasteiger partial charge in [-0.15, -0.1) is 0 Å². The molecule has 0 radical (unpaired) electrons. The zero-order valence-corrected chi connectivity index (χ0v) is 13.0. The van der Waals surface area contributed by atoms with Crippen molar-refractivity contribution in [1.29, 1.82) is 0 Å². The normalized spacial score (nSPS) is 11.5. The van der Waals surface area contributed by atoms with Gasteiger partial charge in [-0.25, -0.2) is 17.9 Å². The van der Waals surface area contributed by atoms with Crippen molar-refractivity contribution < 1.29 is 23.1 Å². The Morgan fingerprint density at radius 2 is 1.86 bits per heavy atom. The summed E-state index contributed by atoms with van der Waals surface area (Å²) in [6, 6.07) is 5.95. The smallest absolute Gasteiger partial charge is 0.329 e. The molecule has 0 unspecified atom stereocenters. The summed E-state index contributed by atoms with van der Waals surface area (Å²) >= 11 is 5.70. The molecule has 0 fully saturated rings. The third kappa shape index (κ3) is 7.42. The third-order valence-corrected chi connectivity index (χ3v) is 4.34. The van der Waals surface area contributed by atoms with Crippen LogP contribution < -0.4 is 4.72 Å². The van der Waals surface area contributed by atoms with Crippen molar-refractivity contribution >= 4 is 27.6 Å². The van der Waals surface area contributed by atoms with Crippen LogP contribution in [-0.2, 0) is 19.6 Å². The molecule has 1 aromatic rings. The van der Waals surface area contributed by atoms with Crippen molar-refractivity contribution in [3.8, 4) is 0 Å². The number of halogens is 1. The minimum Gasteiger partial charge on any atom is -0.480 e. The van der Waals surface area contributed by atoms with Crippen molar-refractivity contribution in [2.75, 3.05) is 19.8 Å². The summed E-state index contributed by atoms with van der Waals surface area (Å²) in [5.74, 6) is -0.995. The SMILES string of the molecule is O=C(O)COCCCCCNS(=O)(=O)c1ccc(Cl)cc1. The number of hydrogen-bond donors (Lipinski definition) is 2. The van der Waals surface area contributed by atoms with Crippen LogP contribution in [0.25, 0.3) is 0 Å². The summed E-state index contributed by atoms with van der Waals surface area (Å²) in [6.45, 7) is 0.378. The molecule has 0 aliphatic heterocycles. The highest BCUT2D eigenvalue weighted by atomic mass is 35.5. The number of unbranched alkanes of at least 4 members (excludes halogenated alkanes) is 2. The van der Waals surface area contributed by atoms with E-state index in [1.165, 1.54) is 24.3 Å². The van der Waals surface area contributed by atoms with Crippen LogP contribution in [0.2, 0.25) is 5.02 Å². The lowest BCUT2D eigenvalue weighted by atomic mass is 10.2. The van der Waals surface area contributed by atoms with Crippen molar-refractivity contribution in [2.24, 2.45) is 0 Å². The second kappa shape index (κ2) is 8.99. The Labute approximate surface area is 129 Å². The second-order valence-corrected chi connectivity index (χ2v) is 6.56. The number of rotatable bonds is 10. The topological polar surface area (TPSA) is 92.7 Å². The van der Waals surface area contributed by atoms with Gasteiger partial charge in [0.15, 0.2) is 0 Å². The third-order valence-electron chi connectivity index (χ3n) is 2.61. The lowest BCUT2D eigenvalue weighted by molar-refractivity contribution is -0.142. The monoisotopic (exact) mass is 335 g/mol. The van der Waals surface area contributed by atoms with E-state index in [9.17, 15) is 13.2 Å². The fraction of sp³-hybridized carbons (Fsp3) is 0.462. The molecule has 0 atom stereocenters. The molecule has 21 heavy (non-hydrogen) atoms. The Morgan fingerprint density at radius 3 is 2.48 bits per heavy atom. The molecule has 6 nitrogen and oxygen atoms in total. The Hall–Kier alpha value is -1.15. The van der Waals surface area contributed by atoms with Crippen molar-refractivity contribution in [1.82, 2.24) is 4.72 Å². The maximum Gasteiger partial charge on any atom is 0.329 e. The molecule has 0 aliphatic rings. The molecule has 0 spiro atoms. The fourth-order valence-electron chi connectivity index (χ4n) is 1.57. The maximum absolute atomic E-state index is 11.9. The van der Waals surface area contributed by atoms with Crippen LogP contribution >= 0.6 is 11.6 Å². The predicted molar refractivity (Wildman–Crippen MR) is 78.9 cm³/mol. The fourth-order valence-corrected chi connectivity index (χ4v) is 2.77. The van der Waals surface area contributed by atoms with Crippen LogP contribution in [0, 0.1) is 0 Å². The summed E-state index contributed by atoms with van der Waals surface area (Å²) in [6.07, 6.45) is 2.10. The first-order valence-electron chi connectivity index (χ1n) is 6.46. The van der Waals surface area contributed by atoms with E-state index in [1.807, 2.05) is 0 Å². The lowest BCUT2D eigenvalue weighted by Gasteiger charge is -2.07. The van der Waals surface area contributed by atoms with Gasteiger partial charge in [-0.2, -0.15) is 0 Å². The lowest BCUT2D eigenvalue weighted by Crippen LogP contribution is -2.24. The van der Waals surface area contributed by atoms with Gasteiger partial charge in [-0.3, -0.25) is 0 Å². The number of ether oxygens (including phenoxy) is 1. The van der Waals surface area contributed by atoms with E-state index >= 15 is 0 Å². The zero-order valence-electron chi connectivity index (χ0n) is 11.4. The molecule has 0 aliphatic carbocycles. The van der Waals surface area contributed by atoms with Crippen molar-refractivity contribution in [2.45, 2.75) is 24.2 Å². The van der Waals surface area contributed by atoms with Crippen LogP contribution in [0.5, 0.6) is 0 Å². The minimum absolute atomic E-state index is 0.177. The molecular formula is C13H18ClNO5S. The van der Waals surface area contributed by atoms with Gasteiger partial charge in [-0.1, -0.05) is 11.6 Å². The largest absolute Gasteiger partial charge is 0.480 e. The number of carboxylic acids is 1. The van der Waals surface area contributed by atoms with Gasteiger partial charge in [0.25, 0.3) is 0 Å². The quantitative estimate of drug-likeness (QED) is 0.637. The van der Waals surface area contributed by atoms with Crippen LogP contribution in [0.1, 0.15) is 19.3 Å². The first-order valence-corrected chi connectivity index (χ1v) is 8.33. The van der Waals surface area contributed by atoms with Gasteiger partial charge in [-0.05, 0) is 43.5 Å². The van der Waals surface area contributed by atoms with Crippen LogP contribution in [0.4, 0.5) is 0 Å². The number of carboxylic acid groups (broad SMARTS) is 1. The Morgan fingerprint density at radius 1 is 1.19 bits per heavy atom. The van der Waals surface area contributed by atoms with Gasteiger partial charge in [0.2, 0.25) is 10.0 Å². The number of hydrogen-bond acceptors (Lipinski definition) is 4. The average Bonchev–Trinajstić information content (AvgIpc) is 2.42. The van der Waals surface area contributed by atoms with Crippen molar-refractivity contribution in [3.05, 3.63) is 29.3 Å². The first-order chi connectivity index (χ1) is 9.92. The standard InChI is InChI=1S/C13H18ClNO5S/c14-11-4-6-12(7-5-11)21(18,19)15-8-2-1-3-9-20-10-13(16)17/h4-7,15H,1-3,8-10H2,(H,16,17). The Bertz CT molecular complexity index is 544. The number of nitrogens with one attached hydrogen (secondary N) is 1. The maximum atomic E-state index is 11.9. The average molecular weight is 336 g/mol. The highest BCUT2D eigenvalue weighted by molar-refractivity contribution is 7.89. The summed E-state index contributed by atoms with van der Waals surface area (Å²) in [4.78, 5) is 10.4. The van der Waals surface area contributed by atoms with Gasteiger partial charge >= 0.3 is 5.97 Å². The molecule has 0 amide bonds. The molecule has 1 rings (SSSR count). The molecule has 8 heteroatoms. The van der Waals surface area contributed by atoms with Crippen molar-refractivity contribution in [3.63, 3.8) is 0 Å². The molecule has 0 aromatic heterocycles. The van der Waals surface area contributed by atoms with E-state index in [0.717, 1.165) is 6.42 Å². The number of benzene rings is 1. The molecule has 0 heterocycles. The highest BCUT2D eigenvalue weighted by Gasteiger charge is 2.12. The number of sulfonamides is 1. The van der Waals surface area contributed by atoms with Crippen LogP contribution in [0.3, 0.4) is 0 Å². The highest BCUT2D eigenvalue weighted by Crippen LogP contribution is 2.13. The van der Waals surface area contributed by atoms with Gasteiger partial charge < -0.3 is 9.84 Å². The summed E-state index contributed by atoms with van der Waals surface area (Å²) < 4.78 is 31.2. The van der Waals surface area contributed by atoms with E-state index in [2.05, 4.69) is 4.72 Å². The molecular weight excluding hydrogens is 318 g/mol. The molecule has 118 valence electrons. The molecule has 0 bridgehead atoms. The first kappa shape index (κ1) is 17.9. The van der Waals surface area contributed by atoms with E-state index in [-0.39, 0.29) is 11.5 Å². The molecule has 2 N–H and O–H groups in total. The molecule has 1 aromatic carbocycles. The number of carbonyl (C=O) groups is 1. The van der Waals surface area contributed by atoms with Crippen LogP contribution in [0.15, 0.2) is 29.2 Å².